The summed E-state index contributed by atoms with van der Waals surface area (Å²) >= 11 is 0. The SMILES string of the molecule is O=C1N(CC2CCCCC2)CCCC1(O)CNC1Cc2ccccc2C1. The van der Waals surface area contributed by atoms with Crippen molar-refractivity contribution >= 4 is 5.91 Å². The van der Waals surface area contributed by atoms with E-state index in [0.717, 1.165) is 32.4 Å². The number of amides is 1. The quantitative estimate of drug-likeness (QED) is 0.853. The van der Waals surface area contributed by atoms with E-state index in [1.54, 1.807) is 0 Å². The first-order valence-electron chi connectivity index (χ1n) is 10.5. The molecule has 1 amide bonds. The standard InChI is InChI=1S/C22H32N2O2/c25-21-22(26,11-6-12-24(21)15-17-7-2-1-3-8-17)16-23-20-13-18-9-4-5-10-19(18)14-20/h4-5,9-10,17,20,23,26H,1-3,6-8,11-16H2. The first-order chi connectivity index (χ1) is 12.6. The van der Waals surface area contributed by atoms with E-state index in [1.807, 2.05) is 4.90 Å². The molecule has 0 spiro atoms. The highest BCUT2D eigenvalue weighted by atomic mass is 16.3. The van der Waals surface area contributed by atoms with Crippen LogP contribution in [0.25, 0.3) is 0 Å². The number of nitrogens with one attached hydrogen (secondary N) is 1. The molecule has 1 unspecified atom stereocenters. The Bertz CT molecular complexity index is 616. The van der Waals surface area contributed by atoms with Crippen molar-refractivity contribution in [2.45, 2.75) is 69.4 Å². The first-order valence-corrected chi connectivity index (χ1v) is 10.5. The fourth-order valence-electron chi connectivity index (χ4n) is 5.10. The predicted octanol–water partition coefficient (Wildman–Crippen LogP) is 2.68. The number of rotatable bonds is 5. The number of aliphatic hydroxyl groups is 1. The molecule has 2 fully saturated rings. The summed E-state index contributed by atoms with van der Waals surface area (Å²) in [5.74, 6) is 0.588. The van der Waals surface area contributed by atoms with Gasteiger partial charge in [-0.1, -0.05) is 43.5 Å². The number of piperidine rings is 1. The Kier molecular flexibility index (Phi) is 5.32. The van der Waals surface area contributed by atoms with Crippen molar-refractivity contribution in [2.75, 3.05) is 19.6 Å². The maximum absolute atomic E-state index is 13.0. The Balaban J connectivity index is 1.32. The minimum absolute atomic E-state index is 0.0441. The van der Waals surface area contributed by atoms with E-state index in [2.05, 4.69) is 29.6 Å². The van der Waals surface area contributed by atoms with Gasteiger partial charge in [-0.25, -0.2) is 0 Å². The number of benzene rings is 1. The molecule has 1 aromatic carbocycles. The molecule has 0 radical (unpaired) electrons. The lowest BCUT2D eigenvalue weighted by molar-refractivity contribution is -0.157. The summed E-state index contributed by atoms with van der Waals surface area (Å²) < 4.78 is 0. The van der Waals surface area contributed by atoms with E-state index in [4.69, 9.17) is 0 Å². The molecule has 1 saturated heterocycles. The summed E-state index contributed by atoms with van der Waals surface area (Å²) in [5, 5.41) is 14.6. The van der Waals surface area contributed by atoms with Crippen LogP contribution >= 0.6 is 0 Å². The number of hydrogen-bond donors (Lipinski definition) is 2. The fraction of sp³-hybridized carbons (Fsp3) is 0.682. The molecule has 142 valence electrons. The van der Waals surface area contributed by atoms with Gasteiger partial charge in [-0.2, -0.15) is 0 Å². The molecule has 0 aromatic heterocycles. The monoisotopic (exact) mass is 356 g/mol. The van der Waals surface area contributed by atoms with Gasteiger partial charge in [0.15, 0.2) is 5.60 Å². The first kappa shape index (κ1) is 18.0. The zero-order valence-electron chi connectivity index (χ0n) is 15.8. The number of fused-ring (bicyclic) bond motifs is 1. The van der Waals surface area contributed by atoms with E-state index in [9.17, 15) is 9.90 Å². The molecule has 3 aliphatic rings. The summed E-state index contributed by atoms with van der Waals surface area (Å²) in [6, 6.07) is 8.87. The summed E-state index contributed by atoms with van der Waals surface area (Å²) in [6.07, 6.45) is 9.87. The molecule has 1 aliphatic heterocycles. The van der Waals surface area contributed by atoms with E-state index >= 15 is 0 Å². The molecule has 2 N–H and O–H groups in total. The Hall–Kier alpha value is -1.39. The van der Waals surface area contributed by atoms with Crippen molar-refractivity contribution in [3.8, 4) is 0 Å². The highest BCUT2D eigenvalue weighted by Crippen LogP contribution is 2.29. The Morgan fingerprint density at radius 1 is 1.08 bits per heavy atom. The maximum Gasteiger partial charge on any atom is 0.255 e. The molecule has 0 bridgehead atoms. The predicted molar refractivity (Wildman–Crippen MR) is 103 cm³/mol. The third-order valence-electron chi connectivity index (χ3n) is 6.64. The van der Waals surface area contributed by atoms with Gasteiger partial charge in [0, 0.05) is 25.7 Å². The minimum Gasteiger partial charge on any atom is -0.379 e. The van der Waals surface area contributed by atoms with Crippen molar-refractivity contribution in [1.29, 1.82) is 0 Å². The largest absolute Gasteiger partial charge is 0.379 e. The third kappa shape index (κ3) is 3.81. The van der Waals surface area contributed by atoms with Gasteiger partial charge in [-0.15, -0.1) is 0 Å². The molecule has 4 rings (SSSR count). The van der Waals surface area contributed by atoms with Crippen LogP contribution in [-0.4, -0.2) is 47.2 Å². The molecule has 1 saturated carbocycles. The van der Waals surface area contributed by atoms with Crippen LogP contribution in [0.1, 0.15) is 56.1 Å². The smallest absolute Gasteiger partial charge is 0.255 e. The number of nitrogens with zero attached hydrogens (tertiary/aromatic N) is 1. The second-order valence-electron chi connectivity index (χ2n) is 8.65. The molecular weight excluding hydrogens is 324 g/mol. The van der Waals surface area contributed by atoms with Gasteiger partial charge in [0.25, 0.3) is 5.91 Å². The Morgan fingerprint density at radius 3 is 2.46 bits per heavy atom. The Labute approximate surface area is 157 Å². The van der Waals surface area contributed by atoms with Crippen LogP contribution < -0.4 is 5.32 Å². The van der Waals surface area contributed by atoms with Crippen molar-refractivity contribution in [3.63, 3.8) is 0 Å². The molecule has 4 nitrogen and oxygen atoms in total. The zero-order chi connectivity index (χ0) is 18.0. The fourth-order valence-corrected chi connectivity index (χ4v) is 5.10. The average molecular weight is 357 g/mol. The lowest BCUT2D eigenvalue weighted by Crippen LogP contribution is -2.59. The summed E-state index contributed by atoms with van der Waals surface area (Å²) in [5.41, 5.74) is 1.57. The van der Waals surface area contributed by atoms with Gasteiger partial charge in [0.1, 0.15) is 0 Å². The van der Waals surface area contributed by atoms with Crippen molar-refractivity contribution in [1.82, 2.24) is 10.2 Å². The second kappa shape index (κ2) is 7.69. The van der Waals surface area contributed by atoms with E-state index in [1.165, 1.54) is 43.2 Å². The number of likely N-dealkylation sites (tertiary alicyclic amines) is 1. The van der Waals surface area contributed by atoms with E-state index in [-0.39, 0.29) is 5.91 Å². The topological polar surface area (TPSA) is 52.6 Å². The molecular formula is C22H32N2O2. The van der Waals surface area contributed by atoms with E-state index < -0.39 is 5.60 Å². The highest BCUT2D eigenvalue weighted by molar-refractivity contribution is 5.86. The molecule has 2 aliphatic carbocycles. The van der Waals surface area contributed by atoms with Crippen LogP contribution in [0.3, 0.4) is 0 Å². The lowest BCUT2D eigenvalue weighted by atomic mass is 9.86. The van der Waals surface area contributed by atoms with Gasteiger partial charge in [0.05, 0.1) is 0 Å². The number of carbonyl (C=O) groups is 1. The molecule has 1 heterocycles. The highest BCUT2D eigenvalue weighted by Gasteiger charge is 2.43. The van der Waals surface area contributed by atoms with Gasteiger partial charge >= 0.3 is 0 Å². The number of hydrogen-bond acceptors (Lipinski definition) is 3. The average Bonchev–Trinajstić information content (AvgIpc) is 3.08. The molecule has 1 aromatic rings. The van der Waals surface area contributed by atoms with Crippen LogP contribution in [-0.2, 0) is 17.6 Å². The van der Waals surface area contributed by atoms with Crippen LogP contribution in [0.5, 0.6) is 0 Å². The van der Waals surface area contributed by atoms with Crippen LogP contribution in [0, 0.1) is 5.92 Å². The summed E-state index contributed by atoms with van der Waals surface area (Å²) in [6.45, 7) is 2.04. The van der Waals surface area contributed by atoms with Crippen molar-refractivity contribution in [3.05, 3.63) is 35.4 Å². The second-order valence-corrected chi connectivity index (χ2v) is 8.65. The molecule has 4 heteroatoms. The van der Waals surface area contributed by atoms with Crippen molar-refractivity contribution in [2.24, 2.45) is 5.92 Å². The van der Waals surface area contributed by atoms with Crippen LogP contribution in [0.15, 0.2) is 24.3 Å². The summed E-state index contributed by atoms with van der Waals surface area (Å²) in [4.78, 5) is 14.9. The lowest BCUT2D eigenvalue weighted by Gasteiger charge is -2.40. The molecule has 26 heavy (non-hydrogen) atoms. The zero-order valence-corrected chi connectivity index (χ0v) is 15.8. The van der Waals surface area contributed by atoms with Gasteiger partial charge in [0.2, 0.25) is 0 Å². The van der Waals surface area contributed by atoms with Crippen LogP contribution in [0.2, 0.25) is 0 Å². The van der Waals surface area contributed by atoms with Gasteiger partial charge in [-0.3, -0.25) is 4.79 Å². The van der Waals surface area contributed by atoms with Crippen LogP contribution in [0.4, 0.5) is 0 Å². The Morgan fingerprint density at radius 2 is 1.77 bits per heavy atom. The van der Waals surface area contributed by atoms with Gasteiger partial charge in [-0.05, 0) is 55.6 Å². The summed E-state index contributed by atoms with van der Waals surface area (Å²) in [7, 11) is 0. The number of carbonyl (C=O) groups excluding carboxylic acids is 1. The third-order valence-corrected chi connectivity index (χ3v) is 6.64. The van der Waals surface area contributed by atoms with Crippen molar-refractivity contribution < 1.29 is 9.90 Å². The van der Waals surface area contributed by atoms with E-state index in [0.29, 0.717) is 24.9 Å². The molecule has 1 atom stereocenters. The normalized spacial score (nSPS) is 27.7. The van der Waals surface area contributed by atoms with Gasteiger partial charge < -0.3 is 15.3 Å². The maximum atomic E-state index is 13.0. The minimum atomic E-state index is -1.22.